The van der Waals surface area contributed by atoms with Gasteiger partial charge in [-0.05, 0) is 89.8 Å². The molecular weight excluding hydrogens is 579 g/mol. The first kappa shape index (κ1) is 31.5. The highest BCUT2D eigenvalue weighted by Crippen LogP contribution is 2.44. The van der Waals surface area contributed by atoms with Gasteiger partial charge in [0, 0.05) is 62.8 Å². The minimum atomic E-state index is -3.21. The Morgan fingerprint density at radius 3 is 2.30 bits per heavy atom. The van der Waals surface area contributed by atoms with E-state index in [-0.39, 0.29) is 46.4 Å². The van der Waals surface area contributed by atoms with E-state index in [1.165, 1.54) is 12.4 Å². The molecule has 4 aliphatic rings. The summed E-state index contributed by atoms with van der Waals surface area (Å²) < 4.78 is 42.5. The van der Waals surface area contributed by atoms with E-state index < -0.39 is 10.0 Å². The van der Waals surface area contributed by atoms with E-state index in [4.69, 9.17) is 0 Å². The predicted octanol–water partition coefficient (Wildman–Crippen LogP) is 3.88. The molecule has 0 spiro atoms. The number of nitrogens with zero attached hydrogens (tertiary/aromatic N) is 5. The molecule has 3 atom stereocenters. The van der Waals surface area contributed by atoms with Crippen molar-refractivity contribution in [2.24, 2.45) is 5.92 Å². The molecule has 6 rings (SSSR count). The molecule has 1 amide bonds. The summed E-state index contributed by atoms with van der Waals surface area (Å²) in [5.41, 5.74) is 2.87. The lowest BCUT2D eigenvalue weighted by Gasteiger charge is -2.56. The lowest BCUT2D eigenvalue weighted by molar-refractivity contribution is -0.0372. The normalized spacial score (nSPS) is 26.4. The van der Waals surface area contributed by atoms with Crippen LogP contribution in [0, 0.1) is 25.6 Å². The summed E-state index contributed by atoms with van der Waals surface area (Å²) in [5, 5.41) is 3.52. The smallest absolute Gasteiger partial charge is 0.257 e. The molecule has 4 heterocycles. The number of hydrogen-bond donors (Lipinski definition) is 1. The minimum Gasteiger partial charge on any atom is -0.338 e. The molecule has 44 heavy (non-hydrogen) atoms. The topological polar surface area (TPSA) is 98.7 Å². The van der Waals surface area contributed by atoms with Crippen molar-refractivity contribution in [1.29, 1.82) is 0 Å². The van der Waals surface area contributed by atoms with Crippen LogP contribution < -0.4 is 5.32 Å². The van der Waals surface area contributed by atoms with Crippen LogP contribution in [0.5, 0.6) is 0 Å². The summed E-state index contributed by atoms with van der Waals surface area (Å²) in [4.78, 5) is 26.7. The zero-order valence-electron chi connectivity index (χ0n) is 26.5. The van der Waals surface area contributed by atoms with Gasteiger partial charge >= 0.3 is 0 Å². The van der Waals surface area contributed by atoms with Crippen molar-refractivity contribution in [3.8, 4) is 0 Å². The summed E-state index contributed by atoms with van der Waals surface area (Å²) in [6.45, 7) is 12.4. The number of nitrogens with one attached hydrogen (secondary N) is 1. The predicted molar refractivity (Wildman–Crippen MR) is 168 cm³/mol. The number of piperidine rings is 2. The number of sulfonamides is 1. The second-order valence-corrected chi connectivity index (χ2v) is 15.9. The van der Waals surface area contributed by atoms with Crippen LogP contribution in [0.4, 0.5) is 4.39 Å². The molecule has 9 nitrogen and oxygen atoms in total. The molecule has 0 bridgehead atoms. The van der Waals surface area contributed by atoms with Crippen LogP contribution in [-0.2, 0) is 10.0 Å². The molecule has 11 heteroatoms. The lowest BCUT2D eigenvalue weighted by Crippen LogP contribution is -2.68. The standard InChI is InChI=1S/C33H47FN6O3S/c1-22-29(23(2)37-21-36-22)32(41)38-17-12-33(4,13-18-38)40-19-14-35-24(3)31(40)30(26-6-5-7-27(34)20-26)25-10-15-39(16-11-25)44(42,43)28-8-9-28/h5-7,20-21,24-25,28,30-31,35H,8-19H2,1-4H3/t24-,30?,31-/m0/s1. The molecule has 4 fully saturated rings. The summed E-state index contributed by atoms with van der Waals surface area (Å²) in [7, 11) is -3.21. The van der Waals surface area contributed by atoms with Crippen molar-refractivity contribution in [3.63, 3.8) is 0 Å². The van der Waals surface area contributed by atoms with E-state index in [0.29, 0.717) is 43.1 Å². The third-order valence-electron chi connectivity index (χ3n) is 10.9. The molecule has 3 aliphatic heterocycles. The maximum atomic E-state index is 14.8. The summed E-state index contributed by atoms with van der Waals surface area (Å²) in [6.07, 6.45) is 6.25. The Morgan fingerprint density at radius 2 is 1.68 bits per heavy atom. The van der Waals surface area contributed by atoms with Gasteiger partial charge in [0.2, 0.25) is 10.0 Å². The molecule has 1 N–H and O–H groups in total. The molecule has 1 aromatic heterocycles. The Kier molecular flexibility index (Phi) is 8.86. The summed E-state index contributed by atoms with van der Waals surface area (Å²) in [5.74, 6) is 0.0327. The van der Waals surface area contributed by atoms with Gasteiger partial charge in [-0.2, -0.15) is 0 Å². The SMILES string of the molecule is Cc1ncnc(C)c1C(=O)N1CCC(C)(N2CCN[C@@H](C)[C@H]2C(c2cccc(F)c2)C2CCN(S(=O)(=O)C3CC3)CC2)CC1. The van der Waals surface area contributed by atoms with E-state index in [9.17, 15) is 17.6 Å². The van der Waals surface area contributed by atoms with Gasteiger partial charge in [0.15, 0.2) is 0 Å². The van der Waals surface area contributed by atoms with Gasteiger partial charge < -0.3 is 10.2 Å². The van der Waals surface area contributed by atoms with Gasteiger partial charge in [0.1, 0.15) is 12.1 Å². The highest BCUT2D eigenvalue weighted by molar-refractivity contribution is 7.90. The van der Waals surface area contributed by atoms with Gasteiger partial charge in [-0.3, -0.25) is 9.69 Å². The van der Waals surface area contributed by atoms with Crippen LogP contribution >= 0.6 is 0 Å². The highest BCUT2D eigenvalue weighted by atomic mass is 32.2. The number of carbonyl (C=O) groups excluding carboxylic acids is 1. The maximum Gasteiger partial charge on any atom is 0.257 e. The quantitative estimate of drug-likeness (QED) is 0.498. The molecule has 1 saturated carbocycles. The van der Waals surface area contributed by atoms with Crippen molar-refractivity contribution >= 4 is 15.9 Å². The average Bonchev–Trinajstić information content (AvgIpc) is 3.85. The van der Waals surface area contributed by atoms with Crippen LogP contribution in [0.3, 0.4) is 0 Å². The largest absolute Gasteiger partial charge is 0.338 e. The lowest BCUT2D eigenvalue weighted by atomic mass is 9.71. The van der Waals surface area contributed by atoms with Crippen LogP contribution in [0.25, 0.3) is 0 Å². The summed E-state index contributed by atoms with van der Waals surface area (Å²) in [6, 6.07) is 7.30. The van der Waals surface area contributed by atoms with Crippen molar-refractivity contribution < 1.29 is 17.6 Å². The van der Waals surface area contributed by atoms with E-state index in [1.54, 1.807) is 16.4 Å². The first-order valence-electron chi connectivity index (χ1n) is 16.3. The van der Waals surface area contributed by atoms with E-state index in [0.717, 1.165) is 57.2 Å². The van der Waals surface area contributed by atoms with Crippen molar-refractivity contribution in [2.45, 2.75) is 95.0 Å². The molecule has 0 radical (unpaired) electrons. The van der Waals surface area contributed by atoms with E-state index in [2.05, 4.69) is 40.1 Å². The molecule has 240 valence electrons. The number of aryl methyl sites for hydroxylation is 2. The minimum absolute atomic E-state index is 0.00146. The zero-order chi connectivity index (χ0) is 31.2. The number of hydrogen-bond acceptors (Lipinski definition) is 7. The third kappa shape index (κ3) is 6.04. The Balaban J connectivity index is 1.25. The monoisotopic (exact) mass is 626 g/mol. The van der Waals surface area contributed by atoms with Gasteiger partial charge in [-0.1, -0.05) is 12.1 Å². The number of likely N-dealkylation sites (tertiary alicyclic amines) is 1. The number of halogens is 1. The number of carbonyl (C=O) groups is 1. The van der Waals surface area contributed by atoms with Crippen LogP contribution in [0.15, 0.2) is 30.6 Å². The Morgan fingerprint density at radius 1 is 1.02 bits per heavy atom. The van der Waals surface area contributed by atoms with E-state index in [1.807, 2.05) is 18.7 Å². The Hall–Kier alpha value is -2.47. The first-order valence-corrected chi connectivity index (χ1v) is 17.8. The Bertz CT molecular complexity index is 1450. The van der Waals surface area contributed by atoms with Crippen LogP contribution in [0.2, 0.25) is 0 Å². The third-order valence-corrected chi connectivity index (χ3v) is 13.3. The fourth-order valence-corrected chi connectivity index (χ4v) is 10.0. The number of piperazine rings is 1. The van der Waals surface area contributed by atoms with Gasteiger partial charge in [0.05, 0.1) is 22.2 Å². The zero-order valence-corrected chi connectivity index (χ0v) is 27.3. The number of amides is 1. The molecule has 3 saturated heterocycles. The molecule has 1 unspecified atom stereocenters. The molecule has 1 aromatic carbocycles. The second-order valence-electron chi connectivity index (χ2n) is 13.7. The number of benzene rings is 1. The van der Waals surface area contributed by atoms with Crippen molar-refractivity contribution in [1.82, 2.24) is 29.4 Å². The average molecular weight is 627 g/mol. The fourth-order valence-electron chi connectivity index (χ4n) is 8.15. The highest BCUT2D eigenvalue weighted by Gasteiger charge is 2.49. The Labute approximate surface area is 261 Å². The maximum absolute atomic E-state index is 14.8. The van der Waals surface area contributed by atoms with Crippen molar-refractivity contribution in [3.05, 3.63) is 58.9 Å². The number of rotatable bonds is 7. The molecule has 1 aliphatic carbocycles. The van der Waals surface area contributed by atoms with Crippen molar-refractivity contribution in [2.75, 3.05) is 39.3 Å². The molecular formula is C33H47FN6O3S. The second kappa shape index (κ2) is 12.4. The summed E-state index contributed by atoms with van der Waals surface area (Å²) >= 11 is 0. The number of aromatic nitrogens is 2. The van der Waals surface area contributed by atoms with Gasteiger partial charge in [-0.25, -0.2) is 27.1 Å². The molecule has 2 aromatic rings. The van der Waals surface area contributed by atoms with Gasteiger partial charge in [-0.15, -0.1) is 0 Å². The van der Waals surface area contributed by atoms with Crippen LogP contribution in [0.1, 0.15) is 85.6 Å². The van der Waals surface area contributed by atoms with E-state index >= 15 is 0 Å². The first-order chi connectivity index (χ1) is 21.0. The van der Waals surface area contributed by atoms with Crippen LogP contribution in [-0.4, -0.2) is 101 Å². The van der Waals surface area contributed by atoms with Gasteiger partial charge in [0.25, 0.3) is 5.91 Å². The fraction of sp³-hybridized carbons (Fsp3) is 0.667.